The third-order valence-corrected chi connectivity index (χ3v) is 2.43. The van der Waals surface area contributed by atoms with E-state index in [4.69, 9.17) is 4.42 Å². The van der Waals surface area contributed by atoms with Gasteiger partial charge in [0.25, 0.3) is 5.89 Å². The lowest BCUT2D eigenvalue weighted by molar-refractivity contribution is 0.568. The lowest BCUT2D eigenvalue weighted by atomic mass is 10.2. The molecule has 0 radical (unpaired) electrons. The van der Waals surface area contributed by atoms with E-state index in [0.717, 1.165) is 12.8 Å². The van der Waals surface area contributed by atoms with Gasteiger partial charge in [0, 0.05) is 6.04 Å². The third-order valence-electron chi connectivity index (χ3n) is 2.43. The van der Waals surface area contributed by atoms with Crippen molar-refractivity contribution in [2.75, 3.05) is 5.32 Å². The summed E-state index contributed by atoms with van der Waals surface area (Å²) in [5, 5.41) is 10.7. The molecule has 1 aromatic carbocycles. The minimum absolute atomic E-state index is 0.209. The summed E-state index contributed by atoms with van der Waals surface area (Å²) in [5.41, 5.74) is 0.332. The summed E-state index contributed by atoms with van der Waals surface area (Å²) >= 11 is 0. The fourth-order valence-electron chi connectivity index (χ4n) is 1.43. The lowest BCUT2D eigenvalue weighted by Crippen LogP contribution is -2.00. The van der Waals surface area contributed by atoms with Gasteiger partial charge in [0.1, 0.15) is 5.82 Å². The van der Waals surface area contributed by atoms with Gasteiger partial charge in [0.15, 0.2) is 0 Å². The summed E-state index contributed by atoms with van der Waals surface area (Å²) < 4.78 is 18.7. The minimum Gasteiger partial charge on any atom is -0.403 e. The second kappa shape index (κ2) is 3.59. The van der Waals surface area contributed by atoms with Gasteiger partial charge in [-0.3, -0.25) is 0 Å². The molecule has 0 unspecified atom stereocenters. The second-order valence-electron chi connectivity index (χ2n) is 3.81. The molecular formula is C11H10FN3O. The molecule has 1 aliphatic carbocycles. The van der Waals surface area contributed by atoms with E-state index in [1.165, 1.54) is 6.07 Å². The van der Waals surface area contributed by atoms with E-state index in [1.807, 2.05) is 0 Å². The highest BCUT2D eigenvalue weighted by Crippen LogP contribution is 2.26. The predicted octanol–water partition coefficient (Wildman–Crippen LogP) is 2.45. The summed E-state index contributed by atoms with van der Waals surface area (Å²) in [6, 6.07) is 7.14. The number of rotatable bonds is 3. The molecule has 0 aliphatic heterocycles. The van der Waals surface area contributed by atoms with E-state index >= 15 is 0 Å². The normalized spacial score (nSPS) is 15.1. The Kier molecular flexibility index (Phi) is 2.09. The largest absolute Gasteiger partial charge is 0.403 e. The Morgan fingerprint density at radius 1 is 1.25 bits per heavy atom. The number of anilines is 1. The van der Waals surface area contributed by atoms with Gasteiger partial charge >= 0.3 is 6.01 Å². The van der Waals surface area contributed by atoms with Gasteiger partial charge in [-0.15, -0.1) is 5.10 Å². The molecule has 4 nitrogen and oxygen atoms in total. The van der Waals surface area contributed by atoms with Crippen molar-refractivity contribution in [3.63, 3.8) is 0 Å². The molecule has 1 aliphatic rings. The van der Waals surface area contributed by atoms with Crippen molar-refractivity contribution in [2.45, 2.75) is 18.9 Å². The molecule has 0 amide bonds. The summed E-state index contributed by atoms with van der Waals surface area (Å²) in [5.74, 6) is -0.148. The lowest BCUT2D eigenvalue weighted by Gasteiger charge is -1.96. The number of nitrogens with one attached hydrogen (secondary N) is 1. The van der Waals surface area contributed by atoms with Crippen LogP contribution in [0, 0.1) is 5.82 Å². The summed E-state index contributed by atoms with van der Waals surface area (Å²) in [7, 11) is 0. The van der Waals surface area contributed by atoms with Crippen LogP contribution in [-0.2, 0) is 0 Å². The first-order chi connectivity index (χ1) is 7.83. The quantitative estimate of drug-likeness (QED) is 0.861. The molecule has 1 saturated carbocycles. The highest BCUT2D eigenvalue weighted by molar-refractivity contribution is 5.54. The van der Waals surface area contributed by atoms with Gasteiger partial charge in [0.2, 0.25) is 0 Å². The molecule has 0 atom stereocenters. The zero-order valence-corrected chi connectivity index (χ0v) is 8.48. The Morgan fingerprint density at radius 2 is 2.06 bits per heavy atom. The van der Waals surface area contributed by atoms with Gasteiger partial charge in [0.05, 0.1) is 5.56 Å². The number of hydrogen-bond donors (Lipinski definition) is 1. The van der Waals surface area contributed by atoms with Crippen LogP contribution in [0.15, 0.2) is 28.7 Å². The van der Waals surface area contributed by atoms with E-state index in [2.05, 4.69) is 15.5 Å². The van der Waals surface area contributed by atoms with Crippen molar-refractivity contribution in [1.29, 1.82) is 0 Å². The van der Waals surface area contributed by atoms with Gasteiger partial charge in [-0.05, 0) is 25.0 Å². The summed E-state index contributed by atoms with van der Waals surface area (Å²) in [6.45, 7) is 0. The second-order valence-corrected chi connectivity index (χ2v) is 3.81. The average molecular weight is 219 g/mol. The highest BCUT2D eigenvalue weighted by Gasteiger charge is 2.23. The molecule has 3 rings (SSSR count). The first-order valence-electron chi connectivity index (χ1n) is 5.18. The number of benzene rings is 1. The molecule has 0 saturated heterocycles. The number of hydrogen-bond acceptors (Lipinski definition) is 4. The molecule has 16 heavy (non-hydrogen) atoms. The van der Waals surface area contributed by atoms with Crippen LogP contribution in [0.4, 0.5) is 10.4 Å². The van der Waals surface area contributed by atoms with Crippen molar-refractivity contribution in [1.82, 2.24) is 10.2 Å². The molecule has 1 fully saturated rings. The first kappa shape index (κ1) is 9.33. The van der Waals surface area contributed by atoms with E-state index in [-0.39, 0.29) is 11.7 Å². The highest BCUT2D eigenvalue weighted by atomic mass is 19.1. The van der Waals surface area contributed by atoms with E-state index in [1.54, 1.807) is 18.2 Å². The fraction of sp³-hybridized carbons (Fsp3) is 0.273. The molecule has 1 N–H and O–H groups in total. The summed E-state index contributed by atoms with van der Waals surface area (Å²) in [4.78, 5) is 0. The third kappa shape index (κ3) is 1.76. The fourth-order valence-corrected chi connectivity index (χ4v) is 1.43. The Bertz CT molecular complexity index is 507. The van der Waals surface area contributed by atoms with E-state index in [0.29, 0.717) is 17.6 Å². The summed E-state index contributed by atoms with van der Waals surface area (Å²) in [6.07, 6.45) is 2.24. The van der Waals surface area contributed by atoms with Crippen LogP contribution in [0.25, 0.3) is 11.5 Å². The minimum atomic E-state index is -0.357. The van der Waals surface area contributed by atoms with Gasteiger partial charge in [-0.2, -0.15) is 0 Å². The van der Waals surface area contributed by atoms with Gasteiger partial charge in [-0.1, -0.05) is 17.2 Å². The topological polar surface area (TPSA) is 51.0 Å². The van der Waals surface area contributed by atoms with Crippen molar-refractivity contribution in [3.8, 4) is 11.5 Å². The maximum absolute atomic E-state index is 13.4. The SMILES string of the molecule is Fc1ccccc1-c1nnc(NC2CC2)o1. The van der Waals surface area contributed by atoms with Crippen molar-refractivity contribution < 1.29 is 8.81 Å². The molecule has 2 aromatic rings. The van der Waals surface area contributed by atoms with Crippen molar-refractivity contribution in [2.24, 2.45) is 0 Å². The predicted molar refractivity (Wildman–Crippen MR) is 56.3 cm³/mol. The maximum Gasteiger partial charge on any atom is 0.315 e. The number of halogens is 1. The van der Waals surface area contributed by atoms with Gasteiger partial charge in [-0.25, -0.2) is 4.39 Å². The Balaban J connectivity index is 1.88. The van der Waals surface area contributed by atoms with Crippen LogP contribution in [0.2, 0.25) is 0 Å². The van der Waals surface area contributed by atoms with Crippen molar-refractivity contribution >= 4 is 6.01 Å². The number of nitrogens with zero attached hydrogens (tertiary/aromatic N) is 2. The number of aromatic nitrogens is 2. The van der Waals surface area contributed by atoms with Crippen LogP contribution in [0.5, 0.6) is 0 Å². The Hall–Kier alpha value is -1.91. The zero-order chi connectivity index (χ0) is 11.0. The molecule has 1 heterocycles. The van der Waals surface area contributed by atoms with Crippen LogP contribution >= 0.6 is 0 Å². The van der Waals surface area contributed by atoms with Crippen LogP contribution in [-0.4, -0.2) is 16.2 Å². The Labute approximate surface area is 91.5 Å². The first-order valence-corrected chi connectivity index (χ1v) is 5.18. The standard InChI is InChI=1S/C11H10FN3O/c12-9-4-2-1-3-8(9)10-14-15-11(16-10)13-7-5-6-7/h1-4,7H,5-6H2,(H,13,15). The van der Waals surface area contributed by atoms with Gasteiger partial charge < -0.3 is 9.73 Å². The maximum atomic E-state index is 13.4. The van der Waals surface area contributed by atoms with Crippen LogP contribution in [0.1, 0.15) is 12.8 Å². The molecule has 82 valence electrons. The molecule has 0 spiro atoms. The molecular weight excluding hydrogens is 209 g/mol. The van der Waals surface area contributed by atoms with E-state index in [9.17, 15) is 4.39 Å². The Morgan fingerprint density at radius 3 is 2.81 bits per heavy atom. The van der Waals surface area contributed by atoms with Crippen LogP contribution < -0.4 is 5.32 Å². The smallest absolute Gasteiger partial charge is 0.315 e. The van der Waals surface area contributed by atoms with E-state index < -0.39 is 0 Å². The molecule has 0 bridgehead atoms. The average Bonchev–Trinajstić information content (AvgIpc) is 2.97. The van der Waals surface area contributed by atoms with Crippen LogP contribution in [0.3, 0.4) is 0 Å². The molecule has 5 heteroatoms. The van der Waals surface area contributed by atoms with Crippen molar-refractivity contribution in [3.05, 3.63) is 30.1 Å². The monoisotopic (exact) mass is 219 g/mol. The molecule has 1 aromatic heterocycles. The zero-order valence-electron chi connectivity index (χ0n) is 8.48.